The molecule has 0 bridgehead atoms. The molecule has 2 unspecified atom stereocenters. The third kappa shape index (κ3) is 3.66. The molecule has 0 amide bonds. The molecule has 0 fully saturated rings. The highest BCUT2D eigenvalue weighted by atomic mass is 16.5. The van der Waals surface area contributed by atoms with Crippen molar-refractivity contribution in [1.82, 2.24) is 15.3 Å². The standard InChI is InChI=1S/C13H23N3O/c1-6-15-10(4)13(9(2)3)11-7-14-8-12(16-11)17-5/h7-10,13,15H,6H2,1-5H3. The van der Waals surface area contributed by atoms with Crippen molar-refractivity contribution in [3.05, 3.63) is 18.1 Å². The Kier molecular flexibility index (Phi) is 5.35. The lowest BCUT2D eigenvalue weighted by molar-refractivity contribution is 0.360. The van der Waals surface area contributed by atoms with Gasteiger partial charge in [0.1, 0.15) is 0 Å². The molecule has 0 saturated carbocycles. The minimum absolute atomic E-state index is 0.345. The molecule has 1 aromatic heterocycles. The quantitative estimate of drug-likeness (QED) is 0.824. The molecule has 1 aromatic rings. The number of ether oxygens (including phenoxy) is 1. The largest absolute Gasteiger partial charge is 0.480 e. The average Bonchev–Trinajstić information content (AvgIpc) is 2.29. The lowest BCUT2D eigenvalue weighted by Crippen LogP contribution is -2.35. The number of likely N-dealkylation sites (N-methyl/N-ethyl adjacent to an activating group) is 1. The van der Waals surface area contributed by atoms with Crippen molar-refractivity contribution in [3.63, 3.8) is 0 Å². The molecule has 0 aromatic carbocycles. The van der Waals surface area contributed by atoms with E-state index >= 15 is 0 Å². The van der Waals surface area contributed by atoms with Crippen LogP contribution in [0.1, 0.15) is 39.3 Å². The molecule has 1 N–H and O–H groups in total. The van der Waals surface area contributed by atoms with Crippen LogP contribution in [0.4, 0.5) is 0 Å². The fraction of sp³-hybridized carbons (Fsp3) is 0.692. The van der Waals surface area contributed by atoms with Crippen molar-refractivity contribution < 1.29 is 4.74 Å². The molecule has 0 spiro atoms. The van der Waals surface area contributed by atoms with Gasteiger partial charge in [0.2, 0.25) is 5.88 Å². The van der Waals surface area contributed by atoms with Crippen molar-refractivity contribution in [1.29, 1.82) is 0 Å². The van der Waals surface area contributed by atoms with Crippen LogP contribution in [-0.4, -0.2) is 29.7 Å². The lowest BCUT2D eigenvalue weighted by Gasteiger charge is -2.27. The lowest BCUT2D eigenvalue weighted by atomic mass is 9.86. The summed E-state index contributed by atoms with van der Waals surface area (Å²) < 4.78 is 5.13. The Morgan fingerprint density at radius 3 is 2.53 bits per heavy atom. The fourth-order valence-electron chi connectivity index (χ4n) is 2.25. The Bertz CT molecular complexity index is 341. The molecule has 17 heavy (non-hydrogen) atoms. The van der Waals surface area contributed by atoms with Gasteiger partial charge in [-0.3, -0.25) is 4.98 Å². The van der Waals surface area contributed by atoms with Crippen LogP contribution in [0.25, 0.3) is 0 Å². The first-order chi connectivity index (χ1) is 8.10. The van der Waals surface area contributed by atoms with E-state index in [1.54, 1.807) is 13.3 Å². The summed E-state index contributed by atoms with van der Waals surface area (Å²) in [7, 11) is 1.62. The van der Waals surface area contributed by atoms with Crippen LogP contribution in [0.5, 0.6) is 5.88 Å². The molecule has 96 valence electrons. The van der Waals surface area contributed by atoms with Gasteiger partial charge in [0.25, 0.3) is 0 Å². The number of aromatic nitrogens is 2. The smallest absolute Gasteiger partial charge is 0.232 e. The Morgan fingerprint density at radius 1 is 1.29 bits per heavy atom. The first-order valence-electron chi connectivity index (χ1n) is 6.19. The number of methoxy groups -OCH3 is 1. The second-order valence-corrected chi connectivity index (χ2v) is 4.60. The third-order valence-corrected chi connectivity index (χ3v) is 2.96. The van der Waals surface area contributed by atoms with E-state index in [1.807, 2.05) is 6.20 Å². The van der Waals surface area contributed by atoms with Crippen LogP contribution in [-0.2, 0) is 0 Å². The summed E-state index contributed by atoms with van der Waals surface area (Å²) in [5, 5.41) is 3.45. The zero-order valence-corrected chi connectivity index (χ0v) is 11.4. The second-order valence-electron chi connectivity index (χ2n) is 4.60. The monoisotopic (exact) mass is 237 g/mol. The number of hydrogen-bond acceptors (Lipinski definition) is 4. The highest BCUT2D eigenvalue weighted by molar-refractivity contribution is 5.14. The van der Waals surface area contributed by atoms with Gasteiger partial charge in [-0.05, 0) is 19.4 Å². The maximum atomic E-state index is 5.13. The van der Waals surface area contributed by atoms with Crippen LogP contribution in [0.2, 0.25) is 0 Å². The van der Waals surface area contributed by atoms with Gasteiger partial charge in [-0.15, -0.1) is 0 Å². The SMILES string of the molecule is CCNC(C)C(c1cncc(OC)n1)C(C)C. The van der Waals surface area contributed by atoms with Gasteiger partial charge in [0.15, 0.2) is 0 Å². The van der Waals surface area contributed by atoms with E-state index in [4.69, 9.17) is 4.74 Å². The second kappa shape index (κ2) is 6.55. The normalized spacial score (nSPS) is 14.7. The molecular formula is C13H23N3O. The van der Waals surface area contributed by atoms with Crippen molar-refractivity contribution in [2.75, 3.05) is 13.7 Å². The van der Waals surface area contributed by atoms with Gasteiger partial charge in [0, 0.05) is 18.2 Å². The molecule has 1 rings (SSSR count). The fourth-order valence-corrected chi connectivity index (χ4v) is 2.25. The Labute approximate surface area is 104 Å². The summed E-state index contributed by atoms with van der Waals surface area (Å²) in [6, 6.07) is 0.376. The van der Waals surface area contributed by atoms with Crippen molar-refractivity contribution >= 4 is 0 Å². The minimum Gasteiger partial charge on any atom is -0.480 e. The molecule has 1 heterocycles. The van der Waals surface area contributed by atoms with E-state index in [0.717, 1.165) is 12.2 Å². The summed E-state index contributed by atoms with van der Waals surface area (Å²) >= 11 is 0. The molecule has 0 aliphatic carbocycles. The zero-order chi connectivity index (χ0) is 12.8. The Balaban J connectivity index is 2.96. The van der Waals surface area contributed by atoms with Gasteiger partial charge < -0.3 is 10.1 Å². The summed E-state index contributed by atoms with van der Waals surface area (Å²) in [6.45, 7) is 9.68. The van der Waals surface area contributed by atoms with Crippen LogP contribution >= 0.6 is 0 Å². The van der Waals surface area contributed by atoms with Crippen LogP contribution in [0.3, 0.4) is 0 Å². The maximum absolute atomic E-state index is 5.13. The average molecular weight is 237 g/mol. The number of rotatable bonds is 6. The molecular weight excluding hydrogens is 214 g/mol. The van der Waals surface area contributed by atoms with Gasteiger partial charge in [-0.25, -0.2) is 4.98 Å². The summed E-state index contributed by atoms with van der Waals surface area (Å²) in [5.74, 6) is 1.43. The van der Waals surface area contributed by atoms with E-state index in [0.29, 0.717) is 23.8 Å². The first kappa shape index (κ1) is 13.9. The van der Waals surface area contributed by atoms with Gasteiger partial charge >= 0.3 is 0 Å². The zero-order valence-electron chi connectivity index (χ0n) is 11.4. The first-order valence-corrected chi connectivity index (χ1v) is 6.19. The molecule has 0 saturated heterocycles. The number of nitrogens with one attached hydrogen (secondary N) is 1. The van der Waals surface area contributed by atoms with Crippen LogP contribution < -0.4 is 10.1 Å². The van der Waals surface area contributed by atoms with E-state index in [1.165, 1.54) is 0 Å². The summed E-state index contributed by atoms with van der Waals surface area (Å²) in [6.07, 6.45) is 3.47. The predicted octanol–water partition coefficient (Wildman–Crippen LogP) is 2.22. The van der Waals surface area contributed by atoms with Gasteiger partial charge in [-0.1, -0.05) is 20.8 Å². The number of hydrogen-bond donors (Lipinski definition) is 1. The molecule has 4 nitrogen and oxygen atoms in total. The van der Waals surface area contributed by atoms with Crippen molar-refractivity contribution in [2.24, 2.45) is 5.92 Å². The molecule has 0 radical (unpaired) electrons. The molecule has 0 aliphatic rings. The number of nitrogens with zero attached hydrogens (tertiary/aromatic N) is 2. The van der Waals surface area contributed by atoms with E-state index in [9.17, 15) is 0 Å². The Hall–Kier alpha value is -1.16. The van der Waals surface area contributed by atoms with E-state index in [2.05, 4.69) is 43.0 Å². The van der Waals surface area contributed by atoms with Gasteiger partial charge in [-0.2, -0.15) is 0 Å². The Morgan fingerprint density at radius 2 is 2.00 bits per heavy atom. The van der Waals surface area contributed by atoms with Crippen molar-refractivity contribution in [3.8, 4) is 5.88 Å². The topological polar surface area (TPSA) is 47.0 Å². The minimum atomic E-state index is 0.345. The van der Waals surface area contributed by atoms with Crippen LogP contribution in [0, 0.1) is 5.92 Å². The van der Waals surface area contributed by atoms with E-state index < -0.39 is 0 Å². The van der Waals surface area contributed by atoms with E-state index in [-0.39, 0.29) is 0 Å². The summed E-state index contributed by atoms with van der Waals surface area (Å²) in [4.78, 5) is 8.68. The predicted molar refractivity (Wildman–Crippen MR) is 69.3 cm³/mol. The molecule has 2 atom stereocenters. The van der Waals surface area contributed by atoms with Gasteiger partial charge in [0.05, 0.1) is 19.0 Å². The van der Waals surface area contributed by atoms with Crippen molar-refractivity contribution in [2.45, 2.75) is 39.7 Å². The highest BCUT2D eigenvalue weighted by Gasteiger charge is 2.24. The maximum Gasteiger partial charge on any atom is 0.232 e. The summed E-state index contributed by atoms with van der Waals surface area (Å²) in [5.41, 5.74) is 0.993. The van der Waals surface area contributed by atoms with Crippen LogP contribution in [0.15, 0.2) is 12.4 Å². The molecule has 0 aliphatic heterocycles. The third-order valence-electron chi connectivity index (χ3n) is 2.96. The highest BCUT2D eigenvalue weighted by Crippen LogP contribution is 2.27. The molecule has 4 heteroatoms.